The summed E-state index contributed by atoms with van der Waals surface area (Å²) in [5, 5.41) is 2.78. The number of rotatable bonds is 7. The normalized spacial score (nSPS) is 13.8. The van der Waals surface area contributed by atoms with Crippen molar-refractivity contribution in [1.82, 2.24) is 10.2 Å². The molecule has 160 valence electrons. The Hall–Kier alpha value is -2.73. The topological polar surface area (TPSA) is 61.9 Å². The minimum atomic E-state index is -0.260. The maximum absolute atomic E-state index is 12.3. The molecule has 1 heterocycles. The summed E-state index contributed by atoms with van der Waals surface area (Å²) in [4.78, 5) is 27.6. The van der Waals surface area contributed by atoms with Crippen LogP contribution in [0.1, 0.15) is 16.7 Å². The molecule has 1 aliphatic heterocycles. The number of hydrogen-bond donors (Lipinski definition) is 1. The predicted molar refractivity (Wildman–Crippen MR) is 119 cm³/mol. The molecule has 0 atom stereocenters. The van der Waals surface area contributed by atoms with Crippen molar-refractivity contribution < 1.29 is 14.3 Å². The van der Waals surface area contributed by atoms with Gasteiger partial charge in [0.1, 0.15) is 12.5 Å². The van der Waals surface area contributed by atoms with Gasteiger partial charge in [0.05, 0.1) is 0 Å². The Bertz CT molecular complexity index is 852. The zero-order valence-electron chi connectivity index (χ0n) is 17.3. The molecule has 0 spiro atoms. The van der Waals surface area contributed by atoms with E-state index >= 15 is 0 Å². The second-order valence-corrected chi connectivity index (χ2v) is 7.64. The fourth-order valence-corrected chi connectivity index (χ4v) is 3.66. The van der Waals surface area contributed by atoms with Crippen LogP contribution in [0.15, 0.2) is 48.5 Å². The fraction of sp³-hybridized carbons (Fsp3) is 0.391. The van der Waals surface area contributed by atoms with Crippen LogP contribution in [-0.2, 0) is 22.6 Å². The maximum atomic E-state index is 12.3. The van der Waals surface area contributed by atoms with E-state index in [0.717, 1.165) is 25.1 Å². The third-order valence-corrected chi connectivity index (χ3v) is 5.44. The van der Waals surface area contributed by atoms with E-state index < -0.39 is 0 Å². The van der Waals surface area contributed by atoms with Crippen molar-refractivity contribution in [3.63, 3.8) is 0 Å². The number of aryl methyl sites for hydroxylation is 1. The Kier molecular flexibility index (Phi) is 7.97. The number of anilines is 1. The minimum absolute atomic E-state index is 0.0102. The van der Waals surface area contributed by atoms with Crippen LogP contribution in [0.3, 0.4) is 0 Å². The number of carbonyl (C=O) groups is 2. The maximum Gasteiger partial charge on any atom is 0.410 e. The van der Waals surface area contributed by atoms with Gasteiger partial charge in [0.15, 0.2) is 0 Å². The number of carbonyl (C=O) groups excluding carboxylic acids is 2. The van der Waals surface area contributed by atoms with Gasteiger partial charge in [-0.15, -0.1) is 11.6 Å². The molecule has 3 rings (SSSR count). The summed E-state index contributed by atoms with van der Waals surface area (Å²) >= 11 is 5.49. The summed E-state index contributed by atoms with van der Waals surface area (Å²) in [5.74, 6) is -0.158. The highest BCUT2D eigenvalue weighted by atomic mass is 35.5. The zero-order chi connectivity index (χ0) is 21.3. The quantitative estimate of drug-likeness (QED) is 0.685. The number of halogens is 1. The first-order valence-corrected chi connectivity index (χ1v) is 10.7. The number of ether oxygens (including phenoxy) is 1. The highest BCUT2D eigenvalue weighted by molar-refractivity contribution is 6.27. The number of piperazine rings is 1. The van der Waals surface area contributed by atoms with E-state index in [1.165, 1.54) is 16.8 Å². The summed E-state index contributed by atoms with van der Waals surface area (Å²) in [6, 6.07) is 16.1. The largest absolute Gasteiger partial charge is 0.445 e. The van der Waals surface area contributed by atoms with Gasteiger partial charge in [-0.2, -0.15) is 0 Å². The van der Waals surface area contributed by atoms with Gasteiger partial charge in [0, 0.05) is 38.4 Å². The van der Waals surface area contributed by atoms with E-state index in [4.69, 9.17) is 16.3 Å². The number of benzene rings is 2. The van der Waals surface area contributed by atoms with Crippen molar-refractivity contribution in [3.05, 3.63) is 65.2 Å². The average Bonchev–Trinajstić information content (AvgIpc) is 2.78. The monoisotopic (exact) mass is 429 g/mol. The summed E-state index contributed by atoms with van der Waals surface area (Å²) in [6.07, 6.45) is 0.509. The van der Waals surface area contributed by atoms with Crippen LogP contribution < -0.4 is 10.2 Å². The van der Waals surface area contributed by atoms with Crippen molar-refractivity contribution in [3.8, 4) is 0 Å². The molecule has 2 aromatic carbocycles. The lowest BCUT2D eigenvalue weighted by Crippen LogP contribution is -2.49. The van der Waals surface area contributed by atoms with Gasteiger partial charge in [-0.25, -0.2) is 4.79 Å². The third-order valence-electron chi connectivity index (χ3n) is 5.20. The summed E-state index contributed by atoms with van der Waals surface area (Å²) < 4.78 is 5.44. The summed E-state index contributed by atoms with van der Waals surface area (Å²) in [7, 11) is 0. The molecule has 2 aromatic rings. The molecular formula is C23H28ClN3O3. The third kappa shape index (κ3) is 6.13. The van der Waals surface area contributed by atoms with E-state index in [1.54, 1.807) is 4.90 Å². The molecule has 0 aliphatic carbocycles. The highest BCUT2D eigenvalue weighted by Gasteiger charge is 2.23. The van der Waals surface area contributed by atoms with Gasteiger partial charge < -0.3 is 19.9 Å². The van der Waals surface area contributed by atoms with Gasteiger partial charge in [-0.3, -0.25) is 4.79 Å². The molecule has 6 nitrogen and oxygen atoms in total. The van der Waals surface area contributed by atoms with Crippen LogP contribution in [0.2, 0.25) is 0 Å². The van der Waals surface area contributed by atoms with Crippen LogP contribution in [-0.4, -0.2) is 55.5 Å². The minimum Gasteiger partial charge on any atom is -0.445 e. The lowest BCUT2D eigenvalue weighted by Gasteiger charge is -2.36. The summed E-state index contributed by atoms with van der Waals surface area (Å²) in [6.45, 7) is 5.79. The Morgan fingerprint density at radius 1 is 1.03 bits per heavy atom. The van der Waals surface area contributed by atoms with Crippen LogP contribution >= 0.6 is 11.6 Å². The first-order chi connectivity index (χ1) is 14.6. The molecule has 1 aliphatic rings. The van der Waals surface area contributed by atoms with E-state index in [-0.39, 0.29) is 17.9 Å². The van der Waals surface area contributed by atoms with Gasteiger partial charge >= 0.3 is 6.09 Å². The zero-order valence-corrected chi connectivity index (χ0v) is 18.0. The standard InChI is InChI=1S/C23H28ClN3O3/c1-18-15-19(9-10-25-22(28)16-24)7-8-21(18)26-11-13-27(14-12-26)23(29)30-17-20-5-3-2-4-6-20/h2-8,15H,9-14,16-17H2,1H3,(H,25,28). The Morgan fingerprint density at radius 2 is 1.77 bits per heavy atom. The number of nitrogens with zero attached hydrogens (tertiary/aromatic N) is 2. The molecule has 1 fully saturated rings. The van der Waals surface area contributed by atoms with Crippen molar-refractivity contribution in [1.29, 1.82) is 0 Å². The molecule has 1 saturated heterocycles. The molecule has 0 aromatic heterocycles. The highest BCUT2D eigenvalue weighted by Crippen LogP contribution is 2.23. The molecule has 2 amide bonds. The second kappa shape index (κ2) is 10.9. The molecular weight excluding hydrogens is 402 g/mol. The SMILES string of the molecule is Cc1cc(CCNC(=O)CCl)ccc1N1CCN(C(=O)OCc2ccccc2)CC1. The van der Waals surface area contributed by atoms with Crippen molar-refractivity contribution in [2.75, 3.05) is 43.5 Å². The first kappa shape index (κ1) is 22.0. The van der Waals surface area contributed by atoms with Crippen LogP contribution in [0, 0.1) is 6.92 Å². The predicted octanol–water partition coefficient (Wildman–Crippen LogP) is 3.35. The lowest BCUT2D eigenvalue weighted by molar-refractivity contribution is -0.118. The van der Waals surface area contributed by atoms with E-state index in [2.05, 4.69) is 35.3 Å². The molecule has 7 heteroatoms. The Labute approximate surface area is 182 Å². The molecule has 0 bridgehead atoms. The van der Waals surface area contributed by atoms with Gasteiger partial charge in [-0.05, 0) is 36.1 Å². The second-order valence-electron chi connectivity index (χ2n) is 7.37. The number of alkyl halides is 1. The lowest BCUT2D eigenvalue weighted by atomic mass is 10.1. The van der Waals surface area contributed by atoms with E-state index in [0.29, 0.717) is 26.2 Å². The summed E-state index contributed by atoms with van der Waals surface area (Å²) in [5.41, 5.74) is 4.54. The molecule has 0 unspecified atom stereocenters. The van der Waals surface area contributed by atoms with E-state index in [9.17, 15) is 9.59 Å². The van der Waals surface area contributed by atoms with Gasteiger partial charge in [0.25, 0.3) is 0 Å². The van der Waals surface area contributed by atoms with Crippen LogP contribution in [0.5, 0.6) is 0 Å². The van der Waals surface area contributed by atoms with Crippen LogP contribution in [0.25, 0.3) is 0 Å². The fourth-order valence-electron chi connectivity index (χ4n) is 3.56. The average molecular weight is 430 g/mol. The molecule has 0 saturated carbocycles. The first-order valence-electron chi connectivity index (χ1n) is 10.2. The van der Waals surface area contributed by atoms with Crippen molar-refractivity contribution >= 4 is 29.3 Å². The number of nitrogens with one attached hydrogen (secondary N) is 1. The van der Waals surface area contributed by atoms with Crippen molar-refractivity contribution in [2.24, 2.45) is 0 Å². The van der Waals surface area contributed by atoms with Crippen LogP contribution in [0.4, 0.5) is 10.5 Å². The number of hydrogen-bond acceptors (Lipinski definition) is 4. The Balaban J connectivity index is 1.47. The van der Waals surface area contributed by atoms with Crippen molar-refractivity contribution in [2.45, 2.75) is 20.0 Å². The van der Waals surface area contributed by atoms with E-state index in [1.807, 2.05) is 30.3 Å². The van der Waals surface area contributed by atoms with Gasteiger partial charge in [0.2, 0.25) is 5.91 Å². The Morgan fingerprint density at radius 3 is 2.43 bits per heavy atom. The molecule has 30 heavy (non-hydrogen) atoms. The smallest absolute Gasteiger partial charge is 0.410 e. The van der Waals surface area contributed by atoms with Gasteiger partial charge in [-0.1, -0.05) is 42.5 Å². The number of amides is 2. The molecule has 1 N–H and O–H groups in total. The molecule has 0 radical (unpaired) electrons.